The predicted molar refractivity (Wildman–Crippen MR) is 65.5 cm³/mol. The predicted octanol–water partition coefficient (Wildman–Crippen LogP) is 2.19. The molecule has 16 heavy (non-hydrogen) atoms. The minimum Gasteiger partial charge on any atom is -0.467 e. The van der Waals surface area contributed by atoms with Crippen LogP contribution in [0.15, 0.2) is 16.7 Å². The first kappa shape index (κ1) is 11.7. The molecule has 0 saturated carbocycles. The molecule has 2 heterocycles. The van der Waals surface area contributed by atoms with Gasteiger partial charge in [-0.15, -0.1) is 0 Å². The van der Waals surface area contributed by atoms with Gasteiger partial charge >= 0.3 is 0 Å². The van der Waals surface area contributed by atoms with Crippen molar-refractivity contribution in [2.75, 3.05) is 26.7 Å². The van der Waals surface area contributed by atoms with Crippen LogP contribution < -0.4 is 5.32 Å². The maximum Gasteiger partial charge on any atom is 0.124 e. The van der Waals surface area contributed by atoms with Crippen LogP contribution in [0.5, 0.6) is 0 Å². The standard InChI is InChI=1S/C13H22N2O/c1-4-14-9-11-5-7-15(3)12(11)13-10(2)6-8-16-13/h6,8,11-12,14H,4-5,7,9H2,1-3H3. The molecule has 1 N–H and O–H groups in total. The Morgan fingerprint density at radius 2 is 2.38 bits per heavy atom. The quantitative estimate of drug-likeness (QED) is 0.846. The molecule has 1 saturated heterocycles. The van der Waals surface area contributed by atoms with Crippen LogP contribution in [0.4, 0.5) is 0 Å². The molecule has 1 fully saturated rings. The Morgan fingerprint density at radius 3 is 3.00 bits per heavy atom. The molecule has 1 aromatic heterocycles. The van der Waals surface area contributed by atoms with E-state index < -0.39 is 0 Å². The van der Waals surface area contributed by atoms with Gasteiger partial charge in [-0.1, -0.05) is 6.92 Å². The summed E-state index contributed by atoms with van der Waals surface area (Å²) in [6, 6.07) is 2.51. The topological polar surface area (TPSA) is 28.4 Å². The molecule has 0 bridgehead atoms. The molecule has 0 aromatic carbocycles. The third kappa shape index (κ3) is 2.15. The molecule has 2 atom stereocenters. The Kier molecular flexibility index (Phi) is 3.66. The summed E-state index contributed by atoms with van der Waals surface area (Å²) in [5.74, 6) is 1.83. The molecular weight excluding hydrogens is 200 g/mol. The molecular formula is C13H22N2O. The minimum atomic E-state index is 0.453. The molecule has 0 spiro atoms. The molecule has 0 amide bonds. The second-order valence-electron chi connectivity index (χ2n) is 4.75. The van der Waals surface area contributed by atoms with Crippen LogP contribution in [0.2, 0.25) is 0 Å². The van der Waals surface area contributed by atoms with E-state index in [1.807, 2.05) is 0 Å². The summed E-state index contributed by atoms with van der Waals surface area (Å²) in [6.45, 7) is 7.59. The molecule has 1 aliphatic heterocycles. The van der Waals surface area contributed by atoms with E-state index in [0.717, 1.165) is 18.8 Å². The zero-order chi connectivity index (χ0) is 11.5. The summed E-state index contributed by atoms with van der Waals surface area (Å²) in [6.07, 6.45) is 3.06. The molecule has 1 aromatic rings. The molecule has 3 heteroatoms. The zero-order valence-corrected chi connectivity index (χ0v) is 10.5. The largest absolute Gasteiger partial charge is 0.467 e. The molecule has 2 rings (SSSR count). The Bertz CT molecular complexity index is 334. The van der Waals surface area contributed by atoms with Crippen LogP contribution in [0.25, 0.3) is 0 Å². The fourth-order valence-electron chi connectivity index (χ4n) is 2.67. The van der Waals surface area contributed by atoms with E-state index in [0.29, 0.717) is 12.0 Å². The van der Waals surface area contributed by atoms with Gasteiger partial charge in [0.1, 0.15) is 5.76 Å². The van der Waals surface area contributed by atoms with Crippen LogP contribution in [-0.4, -0.2) is 31.6 Å². The van der Waals surface area contributed by atoms with Crippen molar-refractivity contribution in [3.8, 4) is 0 Å². The molecule has 90 valence electrons. The van der Waals surface area contributed by atoms with Crippen molar-refractivity contribution in [3.05, 3.63) is 23.7 Å². The third-order valence-corrected chi connectivity index (χ3v) is 3.60. The summed E-state index contributed by atoms with van der Waals surface area (Å²) >= 11 is 0. The van der Waals surface area contributed by atoms with E-state index in [2.05, 4.69) is 37.2 Å². The molecule has 0 aliphatic carbocycles. The van der Waals surface area contributed by atoms with Gasteiger partial charge in [0.25, 0.3) is 0 Å². The first-order chi connectivity index (χ1) is 7.74. The summed E-state index contributed by atoms with van der Waals surface area (Å²) in [5.41, 5.74) is 1.28. The summed E-state index contributed by atoms with van der Waals surface area (Å²) < 4.78 is 5.66. The maximum absolute atomic E-state index is 5.66. The highest BCUT2D eigenvalue weighted by atomic mass is 16.3. The summed E-state index contributed by atoms with van der Waals surface area (Å²) in [5, 5.41) is 3.45. The van der Waals surface area contributed by atoms with Gasteiger partial charge in [0.2, 0.25) is 0 Å². The van der Waals surface area contributed by atoms with Gasteiger partial charge in [-0.3, -0.25) is 4.90 Å². The van der Waals surface area contributed by atoms with Gasteiger partial charge in [-0.05, 0) is 57.6 Å². The molecule has 2 unspecified atom stereocenters. The minimum absolute atomic E-state index is 0.453. The molecule has 0 radical (unpaired) electrons. The zero-order valence-electron chi connectivity index (χ0n) is 10.5. The van der Waals surface area contributed by atoms with E-state index in [9.17, 15) is 0 Å². The van der Waals surface area contributed by atoms with Crippen molar-refractivity contribution in [3.63, 3.8) is 0 Å². The van der Waals surface area contributed by atoms with Crippen molar-refractivity contribution in [1.29, 1.82) is 0 Å². The van der Waals surface area contributed by atoms with Gasteiger partial charge in [0.15, 0.2) is 0 Å². The Labute approximate surface area is 97.8 Å². The number of hydrogen-bond acceptors (Lipinski definition) is 3. The lowest BCUT2D eigenvalue weighted by atomic mass is 9.96. The van der Waals surface area contributed by atoms with E-state index in [-0.39, 0.29) is 0 Å². The number of rotatable bonds is 4. The second-order valence-corrected chi connectivity index (χ2v) is 4.75. The Hall–Kier alpha value is -0.800. The highest BCUT2D eigenvalue weighted by molar-refractivity contribution is 5.20. The van der Waals surface area contributed by atoms with Crippen LogP contribution >= 0.6 is 0 Å². The van der Waals surface area contributed by atoms with Gasteiger partial charge in [0.05, 0.1) is 12.3 Å². The normalized spacial score (nSPS) is 26.4. The number of nitrogens with one attached hydrogen (secondary N) is 1. The summed E-state index contributed by atoms with van der Waals surface area (Å²) in [7, 11) is 2.19. The Balaban J connectivity index is 2.13. The SMILES string of the molecule is CCNCC1CCN(C)C1c1occc1C. The fourth-order valence-corrected chi connectivity index (χ4v) is 2.67. The van der Waals surface area contributed by atoms with Crippen molar-refractivity contribution in [1.82, 2.24) is 10.2 Å². The lowest BCUT2D eigenvalue weighted by molar-refractivity contribution is 0.234. The molecule has 3 nitrogen and oxygen atoms in total. The van der Waals surface area contributed by atoms with E-state index in [1.165, 1.54) is 18.5 Å². The van der Waals surface area contributed by atoms with Crippen molar-refractivity contribution >= 4 is 0 Å². The van der Waals surface area contributed by atoms with Gasteiger partial charge < -0.3 is 9.73 Å². The average molecular weight is 222 g/mol. The van der Waals surface area contributed by atoms with Crippen molar-refractivity contribution in [2.45, 2.75) is 26.3 Å². The van der Waals surface area contributed by atoms with E-state index in [4.69, 9.17) is 4.42 Å². The van der Waals surface area contributed by atoms with Crippen LogP contribution in [-0.2, 0) is 0 Å². The van der Waals surface area contributed by atoms with Crippen LogP contribution in [0, 0.1) is 12.8 Å². The highest BCUT2D eigenvalue weighted by Gasteiger charge is 2.35. The van der Waals surface area contributed by atoms with Gasteiger partial charge in [-0.2, -0.15) is 0 Å². The molecule has 1 aliphatic rings. The van der Waals surface area contributed by atoms with Crippen LogP contribution in [0.1, 0.15) is 30.7 Å². The average Bonchev–Trinajstić information content (AvgIpc) is 2.82. The third-order valence-electron chi connectivity index (χ3n) is 3.60. The number of furan rings is 1. The smallest absolute Gasteiger partial charge is 0.124 e. The number of aryl methyl sites for hydroxylation is 1. The van der Waals surface area contributed by atoms with Gasteiger partial charge in [-0.25, -0.2) is 0 Å². The second kappa shape index (κ2) is 5.02. The number of hydrogen-bond donors (Lipinski definition) is 1. The monoisotopic (exact) mass is 222 g/mol. The van der Waals surface area contributed by atoms with E-state index in [1.54, 1.807) is 6.26 Å². The van der Waals surface area contributed by atoms with E-state index >= 15 is 0 Å². The maximum atomic E-state index is 5.66. The Morgan fingerprint density at radius 1 is 1.56 bits per heavy atom. The number of likely N-dealkylation sites (tertiary alicyclic amines) is 1. The first-order valence-electron chi connectivity index (χ1n) is 6.19. The summed E-state index contributed by atoms with van der Waals surface area (Å²) in [4.78, 5) is 2.41. The van der Waals surface area contributed by atoms with Crippen LogP contribution in [0.3, 0.4) is 0 Å². The lowest BCUT2D eigenvalue weighted by Gasteiger charge is -2.24. The van der Waals surface area contributed by atoms with Crippen molar-refractivity contribution in [2.24, 2.45) is 5.92 Å². The van der Waals surface area contributed by atoms with Gasteiger partial charge in [0, 0.05) is 0 Å². The first-order valence-corrected chi connectivity index (χ1v) is 6.19. The fraction of sp³-hybridized carbons (Fsp3) is 0.692. The lowest BCUT2D eigenvalue weighted by Crippen LogP contribution is -2.28. The number of nitrogens with zero attached hydrogens (tertiary/aromatic N) is 1. The highest BCUT2D eigenvalue weighted by Crippen LogP contribution is 2.37. The van der Waals surface area contributed by atoms with Crippen molar-refractivity contribution < 1.29 is 4.42 Å².